The van der Waals surface area contributed by atoms with E-state index in [4.69, 9.17) is 0 Å². The van der Waals surface area contributed by atoms with E-state index >= 15 is 0 Å². The molecule has 2 amide bonds. The van der Waals surface area contributed by atoms with Crippen molar-refractivity contribution in [3.05, 3.63) is 0 Å². The molecule has 2 aliphatic heterocycles. The van der Waals surface area contributed by atoms with Crippen molar-refractivity contribution in [1.82, 2.24) is 15.5 Å². The molecule has 0 aromatic carbocycles. The highest BCUT2D eigenvalue weighted by atomic mass is 16.2. The predicted octanol–water partition coefficient (Wildman–Crippen LogP) is 0.503. The van der Waals surface area contributed by atoms with Gasteiger partial charge in [0.15, 0.2) is 0 Å². The van der Waals surface area contributed by atoms with E-state index in [-0.39, 0.29) is 17.7 Å². The van der Waals surface area contributed by atoms with Crippen LogP contribution in [0.2, 0.25) is 0 Å². The van der Waals surface area contributed by atoms with Gasteiger partial charge in [-0.25, -0.2) is 0 Å². The number of piperidine rings is 2. The molecule has 19 heavy (non-hydrogen) atoms. The SMILES string of the molecule is CCCN(C(=O)C1CCC(=O)NC1)C1CCCNC1. The molecule has 2 unspecified atom stereocenters. The van der Waals surface area contributed by atoms with E-state index in [0.29, 0.717) is 25.4 Å². The summed E-state index contributed by atoms with van der Waals surface area (Å²) in [6, 6.07) is 0.332. The van der Waals surface area contributed by atoms with Crippen LogP contribution in [0.1, 0.15) is 39.0 Å². The van der Waals surface area contributed by atoms with Gasteiger partial charge in [0, 0.05) is 32.1 Å². The molecular formula is C14H25N3O2. The molecule has 0 radical (unpaired) electrons. The van der Waals surface area contributed by atoms with Crippen LogP contribution in [0.4, 0.5) is 0 Å². The third-order valence-corrected chi connectivity index (χ3v) is 4.07. The van der Waals surface area contributed by atoms with Gasteiger partial charge in [-0.05, 0) is 32.2 Å². The number of amides is 2. The maximum absolute atomic E-state index is 12.6. The van der Waals surface area contributed by atoms with Crippen molar-refractivity contribution in [2.45, 2.75) is 45.1 Å². The van der Waals surface area contributed by atoms with E-state index in [9.17, 15) is 9.59 Å². The summed E-state index contributed by atoms with van der Waals surface area (Å²) in [6.45, 7) is 5.42. The standard InChI is InChI=1S/C14H25N3O2/c1-2-8-17(12-4-3-7-15-10-12)14(19)11-5-6-13(18)16-9-11/h11-12,15H,2-10H2,1H3,(H,16,18). The van der Waals surface area contributed by atoms with Gasteiger partial charge in [-0.15, -0.1) is 0 Å². The molecule has 2 saturated heterocycles. The molecule has 2 heterocycles. The Morgan fingerprint density at radius 1 is 1.37 bits per heavy atom. The lowest BCUT2D eigenvalue weighted by molar-refractivity contribution is -0.140. The van der Waals surface area contributed by atoms with Crippen LogP contribution in [0.25, 0.3) is 0 Å². The van der Waals surface area contributed by atoms with Crippen LogP contribution < -0.4 is 10.6 Å². The lowest BCUT2D eigenvalue weighted by atomic mass is 9.95. The van der Waals surface area contributed by atoms with Crippen molar-refractivity contribution < 1.29 is 9.59 Å². The van der Waals surface area contributed by atoms with Crippen molar-refractivity contribution in [2.75, 3.05) is 26.2 Å². The van der Waals surface area contributed by atoms with E-state index in [0.717, 1.165) is 38.9 Å². The smallest absolute Gasteiger partial charge is 0.227 e. The van der Waals surface area contributed by atoms with Gasteiger partial charge in [-0.1, -0.05) is 6.92 Å². The van der Waals surface area contributed by atoms with E-state index in [1.54, 1.807) is 0 Å². The number of rotatable bonds is 4. The number of carbonyl (C=O) groups is 2. The molecule has 5 nitrogen and oxygen atoms in total. The second kappa shape index (κ2) is 6.89. The average molecular weight is 267 g/mol. The maximum atomic E-state index is 12.6. The molecule has 0 saturated carbocycles. The molecule has 2 atom stereocenters. The molecule has 0 aromatic rings. The molecule has 0 spiro atoms. The highest BCUT2D eigenvalue weighted by Crippen LogP contribution is 2.19. The number of carbonyl (C=O) groups excluding carboxylic acids is 2. The minimum absolute atomic E-state index is 0.0221. The Kier molecular flexibility index (Phi) is 5.19. The largest absolute Gasteiger partial charge is 0.355 e. The fourth-order valence-electron chi connectivity index (χ4n) is 2.99. The number of nitrogens with zero attached hydrogens (tertiary/aromatic N) is 1. The zero-order valence-corrected chi connectivity index (χ0v) is 11.8. The summed E-state index contributed by atoms with van der Waals surface area (Å²) in [5.41, 5.74) is 0. The van der Waals surface area contributed by atoms with Crippen LogP contribution in [0.5, 0.6) is 0 Å². The summed E-state index contributed by atoms with van der Waals surface area (Å²) in [5, 5.41) is 6.19. The lowest BCUT2D eigenvalue weighted by Crippen LogP contribution is -2.53. The fourth-order valence-corrected chi connectivity index (χ4v) is 2.99. The van der Waals surface area contributed by atoms with Gasteiger partial charge >= 0.3 is 0 Å². The Labute approximate surface area is 115 Å². The first-order chi connectivity index (χ1) is 9.22. The van der Waals surface area contributed by atoms with Gasteiger partial charge in [0.2, 0.25) is 11.8 Å². The minimum atomic E-state index is -0.0221. The van der Waals surface area contributed by atoms with Crippen molar-refractivity contribution in [3.8, 4) is 0 Å². The molecule has 2 N–H and O–H groups in total. The normalized spacial score (nSPS) is 27.7. The minimum Gasteiger partial charge on any atom is -0.355 e. The molecule has 2 rings (SSSR count). The Bertz CT molecular complexity index is 317. The van der Waals surface area contributed by atoms with Gasteiger partial charge in [0.25, 0.3) is 0 Å². The van der Waals surface area contributed by atoms with Crippen LogP contribution in [-0.2, 0) is 9.59 Å². The second-order valence-corrected chi connectivity index (χ2v) is 5.57. The summed E-state index contributed by atoms with van der Waals surface area (Å²) in [6.07, 6.45) is 4.41. The summed E-state index contributed by atoms with van der Waals surface area (Å²) >= 11 is 0. The van der Waals surface area contributed by atoms with Gasteiger partial charge in [-0.2, -0.15) is 0 Å². The Hall–Kier alpha value is -1.10. The summed E-state index contributed by atoms with van der Waals surface area (Å²) in [4.78, 5) is 25.9. The fraction of sp³-hybridized carbons (Fsp3) is 0.857. The zero-order chi connectivity index (χ0) is 13.7. The number of hydrogen-bond donors (Lipinski definition) is 2. The first-order valence-corrected chi connectivity index (χ1v) is 7.50. The van der Waals surface area contributed by atoms with Crippen LogP contribution in [-0.4, -0.2) is 48.9 Å². The van der Waals surface area contributed by atoms with E-state index in [1.165, 1.54) is 0 Å². The van der Waals surface area contributed by atoms with E-state index < -0.39 is 0 Å². The summed E-state index contributed by atoms with van der Waals surface area (Å²) in [7, 11) is 0. The van der Waals surface area contributed by atoms with Crippen molar-refractivity contribution in [2.24, 2.45) is 5.92 Å². The van der Waals surface area contributed by atoms with Gasteiger partial charge < -0.3 is 15.5 Å². The molecule has 0 aliphatic carbocycles. The van der Waals surface area contributed by atoms with Gasteiger partial charge in [0.1, 0.15) is 0 Å². The third kappa shape index (κ3) is 3.69. The summed E-state index contributed by atoms with van der Waals surface area (Å²) in [5.74, 6) is 0.284. The van der Waals surface area contributed by atoms with Crippen LogP contribution >= 0.6 is 0 Å². The monoisotopic (exact) mass is 267 g/mol. The molecule has 108 valence electrons. The molecule has 0 bridgehead atoms. The topological polar surface area (TPSA) is 61.4 Å². The number of hydrogen-bond acceptors (Lipinski definition) is 3. The zero-order valence-electron chi connectivity index (χ0n) is 11.8. The molecule has 0 aromatic heterocycles. The molecule has 2 fully saturated rings. The van der Waals surface area contributed by atoms with Crippen LogP contribution in [0.15, 0.2) is 0 Å². The molecular weight excluding hydrogens is 242 g/mol. The molecule has 5 heteroatoms. The Morgan fingerprint density at radius 3 is 2.79 bits per heavy atom. The van der Waals surface area contributed by atoms with Gasteiger partial charge in [0.05, 0.1) is 5.92 Å². The van der Waals surface area contributed by atoms with Crippen molar-refractivity contribution in [1.29, 1.82) is 0 Å². The first kappa shape index (κ1) is 14.3. The predicted molar refractivity (Wildman–Crippen MR) is 73.6 cm³/mol. The lowest BCUT2D eigenvalue weighted by Gasteiger charge is -2.37. The number of nitrogens with one attached hydrogen (secondary N) is 2. The van der Waals surface area contributed by atoms with E-state index in [1.807, 2.05) is 4.90 Å². The Balaban J connectivity index is 1.96. The third-order valence-electron chi connectivity index (χ3n) is 4.07. The van der Waals surface area contributed by atoms with Gasteiger partial charge in [-0.3, -0.25) is 9.59 Å². The van der Waals surface area contributed by atoms with Crippen molar-refractivity contribution >= 4 is 11.8 Å². The van der Waals surface area contributed by atoms with Crippen molar-refractivity contribution in [3.63, 3.8) is 0 Å². The maximum Gasteiger partial charge on any atom is 0.227 e. The Morgan fingerprint density at radius 2 is 2.21 bits per heavy atom. The van der Waals surface area contributed by atoms with Crippen LogP contribution in [0.3, 0.4) is 0 Å². The summed E-state index contributed by atoms with van der Waals surface area (Å²) < 4.78 is 0. The first-order valence-electron chi connectivity index (χ1n) is 7.50. The highest BCUT2D eigenvalue weighted by molar-refractivity contribution is 5.84. The van der Waals surface area contributed by atoms with Crippen LogP contribution in [0, 0.1) is 5.92 Å². The molecule has 2 aliphatic rings. The highest BCUT2D eigenvalue weighted by Gasteiger charge is 2.32. The van der Waals surface area contributed by atoms with E-state index in [2.05, 4.69) is 17.6 Å². The quantitative estimate of drug-likeness (QED) is 0.780. The average Bonchev–Trinajstić information content (AvgIpc) is 2.46. The second-order valence-electron chi connectivity index (χ2n) is 5.57.